The van der Waals surface area contributed by atoms with E-state index in [9.17, 15) is 9.59 Å². The van der Waals surface area contributed by atoms with Crippen molar-refractivity contribution >= 4 is 11.9 Å². The van der Waals surface area contributed by atoms with Crippen molar-refractivity contribution in [1.82, 2.24) is 5.32 Å². The quantitative estimate of drug-likeness (QED) is 0.754. The number of hydrogen-bond acceptors (Lipinski definition) is 5. The maximum absolute atomic E-state index is 12.6. The van der Waals surface area contributed by atoms with Gasteiger partial charge in [0, 0.05) is 19.1 Å². The number of esters is 1. The SMILES string of the molecule is COC(=O)[C@@H]1OCC[C@@H]1CNC(=O)C(C)(C)Oc1cccc(C(C)C)c1. The molecule has 1 aliphatic rings. The first-order chi connectivity index (χ1) is 12.2. The van der Waals surface area contributed by atoms with Crippen LogP contribution in [0.5, 0.6) is 5.75 Å². The first-order valence-electron chi connectivity index (χ1n) is 9.01. The van der Waals surface area contributed by atoms with Crippen LogP contribution in [0.2, 0.25) is 0 Å². The summed E-state index contributed by atoms with van der Waals surface area (Å²) in [6, 6.07) is 7.77. The molecule has 6 heteroatoms. The number of nitrogens with one attached hydrogen (secondary N) is 1. The van der Waals surface area contributed by atoms with Crippen molar-refractivity contribution in [3.05, 3.63) is 29.8 Å². The van der Waals surface area contributed by atoms with Gasteiger partial charge in [-0.2, -0.15) is 0 Å². The molecule has 144 valence electrons. The molecule has 6 nitrogen and oxygen atoms in total. The van der Waals surface area contributed by atoms with E-state index in [4.69, 9.17) is 14.2 Å². The molecule has 0 spiro atoms. The molecule has 0 bridgehead atoms. The van der Waals surface area contributed by atoms with E-state index in [0.29, 0.717) is 31.2 Å². The Morgan fingerprint density at radius 1 is 1.35 bits per heavy atom. The highest BCUT2D eigenvalue weighted by Crippen LogP contribution is 2.25. The molecule has 26 heavy (non-hydrogen) atoms. The van der Waals surface area contributed by atoms with Gasteiger partial charge in [-0.15, -0.1) is 0 Å². The molecular formula is C20H29NO5. The summed E-state index contributed by atoms with van der Waals surface area (Å²) < 4.78 is 16.1. The third-order valence-electron chi connectivity index (χ3n) is 4.62. The summed E-state index contributed by atoms with van der Waals surface area (Å²) >= 11 is 0. The lowest BCUT2D eigenvalue weighted by molar-refractivity contribution is -0.153. The lowest BCUT2D eigenvalue weighted by atomic mass is 10.0. The van der Waals surface area contributed by atoms with Gasteiger partial charge in [0.05, 0.1) is 7.11 Å². The third-order valence-corrected chi connectivity index (χ3v) is 4.62. The average molecular weight is 363 g/mol. The normalized spacial score (nSPS) is 20.1. The topological polar surface area (TPSA) is 73.9 Å². The second kappa shape index (κ2) is 8.54. The molecule has 1 amide bonds. The van der Waals surface area contributed by atoms with Crippen molar-refractivity contribution < 1.29 is 23.8 Å². The first-order valence-corrected chi connectivity index (χ1v) is 9.01. The highest BCUT2D eigenvalue weighted by atomic mass is 16.6. The number of methoxy groups -OCH3 is 1. The molecule has 1 aromatic carbocycles. The fraction of sp³-hybridized carbons (Fsp3) is 0.600. The summed E-state index contributed by atoms with van der Waals surface area (Å²) in [5.74, 6) is 0.318. The molecule has 0 saturated carbocycles. The van der Waals surface area contributed by atoms with Gasteiger partial charge in [-0.25, -0.2) is 4.79 Å². The van der Waals surface area contributed by atoms with E-state index in [1.807, 2.05) is 24.3 Å². The lowest BCUT2D eigenvalue weighted by Crippen LogP contribution is -2.48. The number of ether oxygens (including phenoxy) is 3. The molecule has 1 N–H and O–H groups in total. The number of carbonyl (C=O) groups is 2. The van der Waals surface area contributed by atoms with Crippen LogP contribution in [-0.4, -0.2) is 43.8 Å². The van der Waals surface area contributed by atoms with Crippen LogP contribution in [0.15, 0.2) is 24.3 Å². The molecular weight excluding hydrogens is 334 g/mol. The largest absolute Gasteiger partial charge is 0.478 e. The minimum atomic E-state index is -1.03. The van der Waals surface area contributed by atoms with E-state index in [-0.39, 0.29) is 11.8 Å². The zero-order chi connectivity index (χ0) is 19.3. The van der Waals surface area contributed by atoms with Gasteiger partial charge in [0.1, 0.15) is 5.75 Å². The highest BCUT2D eigenvalue weighted by molar-refractivity contribution is 5.84. The highest BCUT2D eigenvalue weighted by Gasteiger charge is 2.37. The number of hydrogen-bond donors (Lipinski definition) is 1. The molecule has 0 aliphatic carbocycles. The monoisotopic (exact) mass is 363 g/mol. The van der Waals surface area contributed by atoms with E-state index < -0.39 is 17.7 Å². The predicted octanol–water partition coefficient (Wildman–Crippen LogP) is 2.66. The van der Waals surface area contributed by atoms with Crippen LogP contribution >= 0.6 is 0 Å². The number of carbonyl (C=O) groups excluding carboxylic acids is 2. The van der Waals surface area contributed by atoms with Crippen molar-refractivity contribution in [2.75, 3.05) is 20.3 Å². The van der Waals surface area contributed by atoms with Crippen LogP contribution in [0, 0.1) is 5.92 Å². The fourth-order valence-electron chi connectivity index (χ4n) is 2.93. The van der Waals surface area contributed by atoms with Gasteiger partial charge in [-0.05, 0) is 43.9 Å². The molecule has 1 aromatic rings. The summed E-state index contributed by atoms with van der Waals surface area (Å²) in [6.45, 7) is 8.51. The second-order valence-electron chi connectivity index (χ2n) is 7.41. The molecule has 1 saturated heterocycles. The van der Waals surface area contributed by atoms with Crippen molar-refractivity contribution in [3.8, 4) is 5.75 Å². The molecule has 0 unspecified atom stereocenters. The maximum atomic E-state index is 12.6. The Kier molecular flexibility index (Phi) is 6.64. The Balaban J connectivity index is 1.95. The molecule has 0 radical (unpaired) electrons. The summed E-state index contributed by atoms with van der Waals surface area (Å²) in [5, 5.41) is 2.88. The minimum Gasteiger partial charge on any atom is -0.478 e. The van der Waals surface area contributed by atoms with E-state index >= 15 is 0 Å². The Hall–Kier alpha value is -2.08. The molecule has 0 aromatic heterocycles. The van der Waals surface area contributed by atoms with Gasteiger partial charge < -0.3 is 19.5 Å². The standard InChI is InChI=1S/C20H29NO5/c1-13(2)14-7-6-8-16(11-14)26-20(3,4)19(23)21-12-15-9-10-25-17(15)18(22)24-5/h6-8,11,13,15,17H,9-10,12H2,1-5H3,(H,21,23)/t15-,17-/m1/s1. The number of amides is 1. The van der Waals surface area contributed by atoms with Crippen LogP contribution in [0.4, 0.5) is 0 Å². The minimum absolute atomic E-state index is 0.0912. The van der Waals surface area contributed by atoms with Crippen LogP contribution in [0.3, 0.4) is 0 Å². The van der Waals surface area contributed by atoms with Gasteiger partial charge in [0.2, 0.25) is 0 Å². The van der Waals surface area contributed by atoms with Gasteiger partial charge in [-0.1, -0.05) is 26.0 Å². The average Bonchev–Trinajstić information content (AvgIpc) is 3.07. The smallest absolute Gasteiger partial charge is 0.335 e. The zero-order valence-electron chi connectivity index (χ0n) is 16.2. The predicted molar refractivity (Wildman–Crippen MR) is 98.1 cm³/mol. The van der Waals surface area contributed by atoms with Crippen molar-refractivity contribution in [2.45, 2.75) is 51.7 Å². The maximum Gasteiger partial charge on any atom is 0.335 e. The van der Waals surface area contributed by atoms with Crippen LogP contribution < -0.4 is 10.1 Å². The zero-order valence-corrected chi connectivity index (χ0v) is 16.2. The number of rotatable bonds is 7. The molecule has 1 fully saturated rings. The Morgan fingerprint density at radius 3 is 2.73 bits per heavy atom. The Morgan fingerprint density at radius 2 is 2.08 bits per heavy atom. The number of benzene rings is 1. The van der Waals surface area contributed by atoms with Crippen LogP contribution in [0.1, 0.15) is 45.6 Å². The summed E-state index contributed by atoms with van der Waals surface area (Å²) in [4.78, 5) is 24.3. The van der Waals surface area contributed by atoms with Gasteiger partial charge in [0.15, 0.2) is 11.7 Å². The molecule has 2 rings (SSSR count). The Labute approximate surface area is 155 Å². The van der Waals surface area contributed by atoms with Gasteiger partial charge in [-0.3, -0.25) is 4.79 Å². The van der Waals surface area contributed by atoms with E-state index in [0.717, 1.165) is 5.56 Å². The Bertz CT molecular complexity index is 641. The van der Waals surface area contributed by atoms with Crippen molar-refractivity contribution in [1.29, 1.82) is 0 Å². The molecule has 1 aliphatic heterocycles. The van der Waals surface area contributed by atoms with E-state index in [1.165, 1.54) is 7.11 Å². The fourth-order valence-corrected chi connectivity index (χ4v) is 2.93. The lowest BCUT2D eigenvalue weighted by Gasteiger charge is -2.27. The third kappa shape index (κ3) is 4.97. The molecule has 2 atom stereocenters. The van der Waals surface area contributed by atoms with Crippen molar-refractivity contribution in [2.24, 2.45) is 5.92 Å². The van der Waals surface area contributed by atoms with E-state index in [1.54, 1.807) is 13.8 Å². The van der Waals surface area contributed by atoms with Gasteiger partial charge >= 0.3 is 5.97 Å². The van der Waals surface area contributed by atoms with Crippen LogP contribution in [-0.2, 0) is 19.1 Å². The van der Waals surface area contributed by atoms with Gasteiger partial charge in [0.25, 0.3) is 5.91 Å². The summed E-state index contributed by atoms with van der Waals surface area (Å²) in [7, 11) is 1.34. The van der Waals surface area contributed by atoms with E-state index in [2.05, 4.69) is 19.2 Å². The first kappa shape index (κ1) is 20.2. The van der Waals surface area contributed by atoms with Crippen molar-refractivity contribution in [3.63, 3.8) is 0 Å². The second-order valence-corrected chi connectivity index (χ2v) is 7.41. The van der Waals surface area contributed by atoms with Crippen LogP contribution in [0.25, 0.3) is 0 Å². The molecule has 1 heterocycles. The summed E-state index contributed by atoms with van der Waals surface area (Å²) in [6.07, 6.45) is 0.0876. The summed E-state index contributed by atoms with van der Waals surface area (Å²) in [5.41, 5.74) is 0.123.